The minimum atomic E-state index is -0.327. The van der Waals surface area contributed by atoms with Gasteiger partial charge in [-0.25, -0.2) is 0 Å². The fourth-order valence-electron chi connectivity index (χ4n) is 6.36. The molecular formula is C34H57Cl3SiTi. The van der Waals surface area contributed by atoms with Crippen LogP contribution in [0.15, 0.2) is 52.6 Å². The summed E-state index contributed by atoms with van der Waals surface area (Å²) in [7, 11) is -0.327. The predicted molar refractivity (Wildman–Crippen MR) is 162 cm³/mol. The Morgan fingerprint density at radius 2 is 0.949 bits per heavy atom. The molecule has 1 atom stereocenters. The van der Waals surface area contributed by atoms with E-state index in [1.807, 2.05) is 0 Å². The topological polar surface area (TPSA) is 0 Å². The first-order valence-electron chi connectivity index (χ1n) is 15.6. The molecular weight excluding hydrogens is 591 g/mol. The molecule has 1 unspecified atom stereocenters. The standard InChI is InChI=1S/C34H57Si.3ClH.Ti/c1-6-7-8-9-10-11-12-13-14-15-16-17-18-19-20-24-27-33(35-32-25-22-21-23-26-32)34-30(4)28(2)29(3)31(34)5;;;;/h21-23,25-26,33H,6-20,24,27,35H2,1-5H3;3*1H;/q;;;;+3/p-3. The van der Waals surface area contributed by atoms with Gasteiger partial charge in [0, 0.05) is 0 Å². The number of rotatable bonds is 20. The van der Waals surface area contributed by atoms with Crippen molar-refractivity contribution in [3.05, 3.63) is 52.6 Å². The first-order valence-corrected chi connectivity index (χ1v) is 17.9. The van der Waals surface area contributed by atoms with E-state index < -0.39 is 0 Å². The zero-order valence-electron chi connectivity index (χ0n) is 25.8. The van der Waals surface area contributed by atoms with Crippen molar-refractivity contribution in [3.63, 3.8) is 0 Å². The van der Waals surface area contributed by atoms with Gasteiger partial charge in [-0.3, -0.25) is 0 Å². The molecule has 0 N–H and O–H groups in total. The van der Waals surface area contributed by atoms with Crippen molar-refractivity contribution >= 4 is 14.7 Å². The van der Waals surface area contributed by atoms with Crippen LogP contribution in [-0.2, 0) is 20.4 Å². The minimum absolute atomic E-state index is 0. The third kappa shape index (κ3) is 14.0. The SMILES string of the molecule is CCCCCCCCCCCCCCCCCCC([SiH2]c1ccccc1)[C]1([Ti+3])C(C)=C(C)C(C)=C1C.[Cl-].[Cl-].[Cl-]. The second-order valence-corrected chi connectivity index (χ2v) is 15.2. The van der Waals surface area contributed by atoms with Crippen LogP contribution >= 0.6 is 0 Å². The van der Waals surface area contributed by atoms with Crippen molar-refractivity contribution in [1.29, 1.82) is 0 Å². The molecule has 1 aliphatic carbocycles. The zero-order valence-corrected chi connectivity index (χ0v) is 31.1. The summed E-state index contributed by atoms with van der Waals surface area (Å²) in [6.07, 6.45) is 24.6. The summed E-state index contributed by atoms with van der Waals surface area (Å²) in [5.74, 6) is 0. The summed E-state index contributed by atoms with van der Waals surface area (Å²) in [4.78, 5) is 0. The molecule has 5 heteroatoms. The smallest absolute Gasteiger partial charge is 1.00 e. The summed E-state index contributed by atoms with van der Waals surface area (Å²) < 4.78 is 0.283. The van der Waals surface area contributed by atoms with E-state index >= 15 is 0 Å². The van der Waals surface area contributed by atoms with Gasteiger partial charge in [-0.15, -0.1) is 0 Å². The fraction of sp³-hybridized carbons (Fsp3) is 0.706. The molecule has 0 amide bonds. The third-order valence-electron chi connectivity index (χ3n) is 9.21. The molecule has 0 nitrogen and oxygen atoms in total. The Balaban J connectivity index is 0. The monoisotopic (exact) mass is 646 g/mol. The van der Waals surface area contributed by atoms with Gasteiger partial charge in [-0.2, -0.15) is 0 Å². The maximum Gasteiger partial charge on any atom is -1.00 e. The van der Waals surface area contributed by atoms with Crippen LogP contribution in [0.5, 0.6) is 0 Å². The minimum Gasteiger partial charge on any atom is -1.00 e. The summed E-state index contributed by atoms with van der Waals surface area (Å²) in [5, 5.41) is 1.64. The van der Waals surface area contributed by atoms with Crippen molar-refractivity contribution < 1.29 is 57.7 Å². The van der Waals surface area contributed by atoms with Gasteiger partial charge in [0.15, 0.2) is 0 Å². The van der Waals surface area contributed by atoms with Crippen molar-refractivity contribution in [1.82, 2.24) is 0 Å². The molecule has 39 heavy (non-hydrogen) atoms. The average Bonchev–Trinajstić information content (AvgIpc) is 3.04. The van der Waals surface area contributed by atoms with Gasteiger partial charge in [0.1, 0.15) is 0 Å². The van der Waals surface area contributed by atoms with Crippen molar-refractivity contribution in [2.45, 2.75) is 153 Å². The summed E-state index contributed by atoms with van der Waals surface area (Å²) in [5.41, 5.74) is 7.27. The second-order valence-electron chi connectivity index (χ2n) is 11.8. The molecule has 0 spiro atoms. The normalized spacial score (nSPS) is 15.4. The van der Waals surface area contributed by atoms with Gasteiger partial charge >= 0.3 is 189 Å². The van der Waals surface area contributed by atoms with Gasteiger partial charge in [0.25, 0.3) is 0 Å². The Kier molecular flexibility index (Phi) is 25.6. The average molecular weight is 648 g/mol. The van der Waals surface area contributed by atoms with Gasteiger partial charge < -0.3 is 37.2 Å². The Morgan fingerprint density at radius 1 is 0.590 bits per heavy atom. The zero-order chi connectivity index (χ0) is 26.2. The Bertz CT molecular complexity index is 782. The molecule has 0 saturated heterocycles. The van der Waals surface area contributed by atoms with Gasteiger partial charge in [-0.05, 0) is 0 Å². The van der Waals surface area contributed by atoms with Gasteiger partial charge in [-0.1, -0.05) is 51.9 Å². The van der Waals surface area contributed by atoms with Crippen LogP contribution in [0.1, 0.15) is 144 Å². The fourth-order valence-corrected chi connectivity index (χ4v) is 10.2. The van der Waals surface area contributed by atoms with E-state index in [1.165, 1.54) is 109 Å². The predicted octanol–water partition coefficient (Wildman–Crippen LogP) is 1.32. The van der Waals surface area contributed by atoms with E-state index in [0.29, 0.717) is 0 Å². The van der Waals surface area contributed by atoms with E-state index in [-0.39, 0.29) is 50.5 Å². The maximum atomic E-state index is 2.57. The van der Waals surface area contributed by atoms with Crippen molar-refractivity contribution in [2.75, 3.05) is 0 Å². The van der Waals surface area contributed by atoms with Crippen molar-refractivity contribution in [3.8, 4) is 0 Å². The maximum absolute atomic E-state index is 2.57. The number of unbranched alkanes of at least 4 members (excludes halogenated alkanes) is 15. The summed E-state index contributed by atoms with van der Waals surface area (Å²) in [6.45, 7) is 11.9. The van der Waals surface area contributed by atoms with E-state index in [0.717, 1.165) is 5.54 Å². The van der Waals surface area contributed by atoms with Crippen molar-refractivity contribution in [2.24, 2.45) is 0 Å². The van der Waals surface area contributed by atoms with Crippen LogP contribution in [-0.4, -0.2) is 9.52 Å². The molecule has 1 aromatic carbocycles. The van der Waals surface area contributed by atoms with Crippen LogP contribution in [0.2, 0.25) is 9.26 Å². The van der Waals surface area contributed by atoms with Crippen LogP contribution in [0.3, 0.4) is 0 Å². The van der Waals surface area contributed by atoms with Crippen LogP contribution in [0.25, 0.3) is 0 Å². The molecule has 0 aliphatic heterocycles. The number of allylic oxidation sites excluding steroid dienone is 4. The Morgan fingerprint density at radius 3 is 1.33 bits per heavy atom. The van der Waals surface area contributed by atoms with E-state index in [1.54, 1.807) is 27.5 Å². The molecule has 0 saturated carbocycles. The van der Waals surface area contributed by atoms with Gasteiger partial charge in [0.2, 0.25) is 0 Å². The first kappa shape index (κ1) is 41.6. The summed E-state index contributed by atoms with van der Waals surface area (Å²) >= 11 is 2.57. The largest absolute Gasteiger partial charge is 1.00 e. The molecule has 0 heterocycles. The first-order chi connectivity index (χ1) is 17.4. The second kappa shape index (κ2) is 24.0. The number of hydrogen-bond donors (Lipinski definition) is 0. The molecule has 1 aromatic rings. The molecule has 0 fully saturated rings. The molecule has 1 aliphatic rings. The number of benzene rings is 1. The number of hydrogen-bond acceptors (Lipinski definition) is 0. The van der Waals surface area contributed by atoms with E-state index in [9.17, 15) is 0 Å². The molecule has 2 rings (SSSR count). The van der Waals surface area contributed by atoms with Gasteiger partial charge in [0.05, 0.1) is 0 Å². The molecule has 0 radical (unpaired) electrons. The Hall–Kier alpha value is 0.501. The third-order valence-corrected chi connectivity index (χ3v) is 14.1. The van der Waals surface area contributed by atoms with Crippen LogP contribution in [0.4, 0.5) is 0 Å². The Labute approximate surface area is 276 Å². The molecule has 222 valence electrons. The molecule has 0 aromatic heterocycles. The van der Waals surface area contributed by atoms with Crippen LogP contribution < -0.4 is 42.4 Å². The van der Waals surface area contributed by atoms with E-state index in [2.05, 4.69) is 85.4 Å². The van der Waals surface area contributed by atoms with E-state index in [4.69, 9.17) is 0 Å². The quantitative estimate of drug-likeness (QED) is 0.148. The molecule has 0 bridgehead atoms. The van der Waals surface area contributed by atoms with Crippen LogP contribution in [0, 0.1) is 0 Å². The number of halogens is 3. The summed E-state index contributed by atoms with van der Waals surface area (Å²) in [6, 6.07) is 11.4.